The van der Waals surface area contributed by atoms with Gasteiger partial charge in [0.2, 0.25) is 5.88 Å². The third-order valence-electron chi connectivity index (χ3n) is 0.868. The molecule has 0 saturated carbocycles. The van der Waals surface area contributed by atoms with Crippen molar-refractivity contribution < 1.29 is 5.11 Å². The average molecular weight is 287 g/mol. The highest BCUT2D eigenvalue weighted by Gasteiger charge is 2.03. The molecule has 0 aliphatic carbocycles. The number of hydrogen-bond donors (Lipinski definition) is 1. The van der Waals surface area contributed by atoms with Gasteiger partial charge in [-0.3, -0.25) is 0 Å². The van der Waals surface area contributed by atoms with Crippen LogP contribution in [0.2, 0.25) is 5.02 Å². The second kappa shape index (κ2) is 3.07. The third-order valence-corrected chi connectivity index (χ3v) is 2.57. The van der Waals surface area contributed by atoms with Crippen LogP contribution in [-0.4, -0.2) is 10.1 Å². The molecule has 1 rings (SSSR count). The summed E-state index contributed by atoms with van der Waals surface area (Å²) in [4.78, 5) is 3.67. The molecule has 0 bridgehead atoms. The molecule has 0 aliphatic heterocycles. The van der Waals surface area contributed by atoms with Crippen LogP contribution in [0.1, 0.15) is 0 Å². The van der Waals surface area contributed by atoms with Gasteiger partial charge in [-0.15, -0.1) is 0 Å². The fraction of sp³-hybridized carbons (Fsp3) is 0. The molecule has 0 spiro atoms. The van der Waals surface area contributed by atoms with Crippen LogP contribution >= 0.6 is 43.5 Å². The topological polar surface area (TPSA) is 33.1 Å². The fourth-order valence-electron chi connectivity index (χ4n) is 0.435. The van der Waals surface area contributed by atoms with Gasteiger partial charge in [0, 0.05) is 0 Å². The van der Waals surface area contributed by atoms with Gasteiger partial charge in [-0.2, -0.15) is 0 Å². The van der Waals surface area contributed by atoms with Crippen molar-refractivity contribution in [1.29, 1.82) is 0 Å². The Hall–Kier alpha value is 0.200. The fourth-order valence-corrected chi connectivity index (χ4v) is 1.32. The van der Waals surface area contributed by atoms with Crippen molar-refractivity contribution in [1.82, 2.24) is 4.98 Å². The van der Waals surface area contributed by atoms with Crippen molar-refractivity contribution in [3.8, 4) is 5.88 Å². The Labute approximate surface area is 79.5 Å². The third kappa shape index (κ3) is 1.62. The van der Waals surface area contributed by atoms with Gasteiger partial charge >= 0.3 is 0 Å². The minimum absolute atomic E-state index is 0.0729. The van der Waals surface area contributed by atoms with Gasteiger partial charge in [-0.25, -0.2) is 4.98 Å². The molecular weight excluding hydrogens is 285 g/mol. The highest BCUT2D eigenvalue weighted by molar-refractivity contribution is 9.11. The molecule has 1 aromatic rings. The number of pyridine rings is 1. The molecule has 1 N–H and O–H groups in total. The van der Waals surface area contributed by atoms with Crippen LogP contribution in [0.25, 0.3) is 0 Å². The standard InChI is InChI=1S/C5H2Br2ClNO/c6-2-1-3(8)4(7)9-5(2)10/h1H,(H,9,10). The Bertz CT molecular complexity index is 216. The summed E-state index contributed by atoms with van der Waals surface area (Å²) in [7, 11) is 0. The van der Waals surface area contributed by atoms with E-state index in [1.807, 2.05) is 0 Å². The monoisotopic (exact) mass is 285 g/mol. The van der Waals surface area contributed by atoms with E-state index in [2.05, 4.69) is 36.8 Å². The number of rotatable bonds is 0. The van der Waals surface area contributed by atoms with Gasteiger partial charge in [-0.05, 0) is 37.9 Å². The zero-order valence-corrected chi connectivity index (χ0v) is 8.53. The molecule has 0 aromatic carbocycles. The maximum atomic E-state index is 8.98. The van der Waals surface area contributed by atoms with Crippen molar-refractivity contribution >= 4 is 43.5 Å². The van der Waals surface area contributed by atoms with Crippen LogP contribution in [0.5, 0.6) is 5.88 Å². The highest BCUT2D eigenvalue weighted by Crippen LogP contribution is 2.29. The van der Waals surface area contributed by atoms with Crippen LogP contribution < -0.4 is 0 Å². The Morgan fingerprint density at radius 2 is 2.10 bits per heavy atom. The Morgan fingerprint density at radius 1 is 1.50 bits per heavy atom. The van der Waals surface area contributed by atoms with Crippen LogP contribution in [0.3, 0.4) is 0 Å². The predicted octanol–water partition coefficient (Wildman–Crippen LogP) is 2.97. The molecule has 0 unspecified atom stereocenters. The molecule has 0 saturated heterocycles. The van der Waals surface area contributed by atoms with E-state index in [0.29, 0.717) is 14.1 Å². The number of nitrogens with zero attached hydrogens (tertiary/aromatic N) is 1. The summed E-state index contributed by atoms with van der Waals surface area (Å²) in [6.45, 7) is 0. The van der Waals surface area contributed by atoms with E-state index in [9.17, 15) is 0 Å². The predicted molar refractivity (Wildman–Crippen MR) is 46.3 cm³/mol. The molecule has 0 atom stereocenters. The van der Waals surface area contributed by atoms with Gasteiger partial charge in [0.1, 0.15) is 4.60 Å². The maximum Gasteiger partial charge on any atom is 0.226 e. The molecule has 10 heavy (non-hydrogen) atoms. The van der Waals surface area contributed by atoms with Gasteiger partial charge in [-0.1, -0.05) is 11.6 Å². The lowest BCUT2D eigenvalue weighted by atomic mass is 10.5. The highest BCUT2D eigenvalue weighted by atomic mass is 79.9. The molecule has 0 radical (unpaired) electrons. The van der Waals surface area contributed by atoms with Crippen LogP contribution in [0, 0.1) is 0 Å². The summed E-state index contributed by atoms with van der Waals surface area (Å²) in [5.41, 5.74) is 0. The molecule has 0 fully saturated rings. The van der Waals surface area contributed by atoms with E-state index >= 15 is 0 Å². The molecule has 54 valence electrons. The first-order valence-corrected chi connectivity index (χ1v) is 4.28. The summed E-state index contributed by atoms with van der Waals surface area (Å²) >= 11 is 11.8. The quantitative estimate of drug-likeness (QED) is 0.744. The Kier molecular flexibility index (Phi) is 2.55. The first-order chi connectivity index (χ1) is 4.61. The molecule has 0 amide bonds. The molecule has 1 heterocycles. The lowest BCUT2D eigenvalue weighted by molar-refractivity contribution is 0.448. The molecule has 2 nitrogen and oxygen atoms in total. The van der Waals surface area contributed by atoms with Gasteiger partial charge < -0.3 is 5.11 Å². The van der Waals surface area contributed by atoms with Crippen molar-refractivity contribution in [2.24, 2.45) is 0 Å². The van der Waals surface area contributed by atoms with Crippen LogP contribution in [-0.2, 0) is 0 Å². The zero-order chi connectivity index (χ0) is 7.72. The minimum atomic E-state index is -0.0729. The Balaban J connectivity index is 3.28. The lowest BCUT2D eigenvalue weighted by Gasteiger charge is -1.97. The smallest absolute Gasteiger partial charge is 0.226 e. The second-order valence-corrected chi connectivity index (χ2v) is 3.58. The zero-order valence-electron chi connectivity index (χ0n) is 4.61. The summed E-state index contributed by atoms with van der Waals surface area (Å²) in [5, 5.41) is 9.44. The summed E-state index contributed by atoms with van der Waals surface area (Å²) in [6, 6.07) is 1.56. The minimum Gasteiger partial charge on any atom is -0.492 e. The molecule has 1 aromatic heterocycles. The van der Waals surface area contributed by atoms with Crippen molar-refractivity contribution in [3.63, 3.8) is 0 Å². The van der Waals surface area contributed by atoms with Gasteiger partial charge in [0.15, 0.2) is 0 Å². The number of halogens is 3. The first kappa shape index (κ1) is 8.30. The normalized spacial score (nSPS) is 9.90. The second-order valence-electron chi connectivity index (χ2n) is 1.57. The van der Waals surface area contributed by atoms with Crippen molar-refractivity contribution in [3.05, 3.63) is 20.2 Å². The van der Waals surface area contributed by atoms with Crippen LogP contribution in [0.4, 0.5) is 0 Å². The number of hydrogen-bond acceptors (Lipinski definition) is 2. The lowest BCUT2D eigenvalue weighted by Crippen LogP contribution is -1.78. The SMILES string of the molecule is Oc1nc(Br)c(Cl)cc1Br. The molecule has 0 aliphatic rings. The summed E-state index contributed by atoms with van der Waals surface area (Å²) in [6.07, 6.45) is 0. The van der Waals surface area contributed by atoms with Gasteiger partial charge in [0.05, 0.1) is 9.50 Å². The molecular formula is C5H2Br2ClNO. The number of aromatic nitrogens is 1. The van der Waals surface area contributed by atoms with Crippen molar-refractivity contribution in [2.45, 2.75) is 0 Å². The van der Waals surface area contributed by atoms with E-state index in [0.717, 1.165) is 0 Å². The van der Waals surface area contributed by atoms with Crippen LogP contribution in [0.15, 0.2) is 15.1 Å². The largest absolute Gasteiger partial charge is 0.492 e. The van der Waals surface area contributed by atoms with E-state index < -0.39 is 0 Å². The first-order valence-electron chi connectivity index (χ1n) is 2.32. The van der Waals surface area contributed by atoms with E-state index in [-0.39, 0.29) is 5.88 Å². The Morgan fingerprint density at radius 3 is 2.60 bits per heavy atom. The maximum absolute atomic E-state index is 8.98. The summed E-state index contributed by atoms with van der Waals surface area (Å²) in [5.74, 6) is -0.0729. The van der Waals surface area contributed by atoms with E-state index in [1.165, 1.54) is 0 Å². The average Bonchev–Trinajstić information content (AvgIpc) is 1.84. The van der Waals surface area contributed by atoms with Gasteiger partial charge in [0.25, 0.3) is 0 Å². The summed E-state index contributed by atoms with van der Waals surface area (Å²) < 4.78 is 0.926. The van der Waals surface area contributed by atoms with Crippen molar-refractivity contribution in [2.75, 3.05) is 0 Å². The van der Waals surface area contributed by atoms with E-state index in [4.69, 9.17) is 16.7 Å². The number of aromatic hydroxyl groups is 1. The molecule has 5 heteroatoms. The van der Waals surface area contributed by atoms with E-state index in [1.54, 1.807) is 6.07 Å².